The van der Waals surface area contributed by atoms with Gasteiger partial charge >= 0.3 is 0 Å². The summed E-state index contributed by atoms with van der Waals surface area (Å²) in [5, 5.41) is 31.6. The fourth-order valence-electron chi connectivity index (χ4n) is 3.18. The Morgan fingerprint density at radius 2 is 1.69 bits per heavy atom. The van der Waals surface area contributed by atoms with Gasteiger partial charge in [0.15, 0.2) is 5.57 Å². The van der Waals surface area contributed by atoms with Crippen molar-refractivity contribution in [3.63, 3.8) is 0 Å². The lowest BCUT2D eigenvalue weighted by Gasteiger charge is -2.20. The van der Waals surface area contributed by atoms with Crippen LogP contribution in [0.4, 0.5) is 0 Å². The second-order valence-corrected chi connectivity index (χ2v) is 7.07. The molecule has 3 rings (SSSR count). The Balaban J connectivity index is 1.95. The molecule has 5 nitrogen and oxygen atoms in total. The van der Waals surface area contributed by atoms with E-state index in [1.807, 2.05) is 85.0 Å². The standard InChI is InChI=1S/C27H22N4O/c1-2-3-15-32-24-13-10-20(11-14-24)9-12-23-16-25(21-7-5-4-6-8-21)26(19-30)27(31-23)22(17-28)18-29/h4-14,16,31H,2-3,15H2,1H3/b12-9+. The third-order valence-corrected chi connectivity index (χ3v) is 4.86. The van der Waals surface area contributed by atoms with Crippen LogP contribution in [0, 0.1) is 34.0 Å². The van der Waals surface area contributed by atoms with Crippen molar-refractivity contribution in [2.24, 2.45) is 0 Å². The molecule has 0 aliphatic carbocycles. The fraction of sp³-hybridized carbons (Fsp3) is 0.148. The molecular formula is C27H22N4O. The highest BCUT2D eigenvalue weighted by atomic mass is 16.5. The second-order valence-electron chi connectivity index (χ2n) is 7.07. The van der Waals surface area contributed by atoms with E-state index in [0.29, 0.717) is 17.9 Å². The van der Waals surface area contributed by atoms with E-state index in [9.17, 15) is 15.8 Å². The number of unbranched alkanes of at least 4 members (excludes halogenated alkanes) is 1. The summed E-state index contributed by atoms with van der Waals surface area (Å²) in [6.45, 7) is 2.83. The summed E-state index contributed by atoms with van der Waals surface area (Å²) in [4.78, 5) is 0. The molecule has 1 aliphatic heterocycles. The van der Waals surface area contributed by atoms with E-state index < -0.39 is 0 Å². The zero-order chi connectivity index (χ0) is 22.8. The minimum atomic E-state index is -0.137. The normalized spacial score (nSPS) is 12.9. The van der Waals surface area contributed by atoms with Crippen molar-refractivity contribution in [1.82, 2.24) is 5.32 Å². The number of ether oxygens (including phenoxy) is 1. The maximum Gasteiger partial charge on any atom is 0.154 e. The maximum atomic E-state index is 9.77. The number of dihydropyridines is 1. The molecule has 156 valence electrons. The summed E-state index contributed by atoms with van der Waals surface area (Å²) in [5.74, 6) is 0.830. The van der Waals surface area contributed by atoms with Gasteiger partial charge in [-0.1, -0.05) is 61.9 Å². The van der Waals surface area contributed by atoms with Gasteiger partial charge in [-0.25, -0.2) is 0 Å². The van der Waals surface area contributed by atoms with Gasteiger partial charge in [0.25, 0.3) is 0 Å². The molecule has 0 atom stereocenters. The highest BCUT2D eigenvalue weighted by Gasteiger charge is 2.21. The SMILES string of the molecule is CCCCOc1ccc(/C=C/C2=CC(c3ccccc3)=C(C#N)C(=C(C#N)C#N)N2)cc1. The van der Waals surface area contributed by atoms with Gasteiger partial charge in [-0.05, 0) is 41.8 Å². The molecule has 0 saturated heterocycles. The zero-order valence-electron chi connectivity index (χ0n) is 17.8. The molecule has 0 amide bonds. The molecule has 5 heteroatoms. The van der Waals surface area contributed by atoms with Crippen molar-refractivity contribution in [2.45, 2.75) is 19.8 Å². The van der Waals surface area contributed by atoms with Crippen LogP contribution in [0.1, 0.15) is 30.9 Å². The van der Waals surface area contributed by atoms with E-state index >= 15 is 0 Å². The predicted octanol–water partition coefficient (Wildman–Crippen LogP) is 5.64. The summed E-state index contributed by atoms with van der Waals surface area (Å²) in [6, 6.07) is 23.1. The maximum absolute atomic E-state index is 9.77. The third kappa shape index (κ3) is 5.33. The van der Waals surface area contributed by atoms with E-state index in [0.717, 1.165) is 29.7 Å². The summed E-state index contributed by atoms with van der Waals surface area (Å²) in [6.07, 6.45) is 7.74. The number of hydrogen-bond acceptors (Lipinski definition) is 5. The first kappa shape index (κ1) is 22.2. The van der Waals surface area contributed by atoms with Gasteiger partial charge in [-0.2, -0.15) is 15.8 Å². The van der Waals surface area contributed by atoms with Crippen molar-refractivity contribution in [2.75, 3.05) is 6.61 Å². The molecule has 0 fully saturated rings. The number of allylic oxidation sites excluding steroid dienone is 5. The number of benzene rings is 2. The largest absolute Gasteiger partial charge is 0.494 e. The van der Waals surface area contributed by atoms with E-state index in [1.54, 1.807) is 0 Å². The minimum Gasteiger partial charge on any atom is -0.494 e. The van der Waals surface area contributed by atoms with Gasteiger partial charge in [-0.3, -0.25) is 0 Å². The highest BCUT2D eigenvalue weighted by Crippen LogP contribution is 2.31. The van der Waals surface area contributed by atoms with E-state index in [4.69, 9.17) is 4.74 Å². The van der Waals surface area contributed by atoms with Crippen molar-refractivity contribution >= 4 is 11.6 Å². The molecule has 1 aliphatic rings. The quantitative estimate of drug-likeness (QED) is 0.464. The van der Waals surface area contributed by atoms with Crippen LogP contribution in [0.3, 0.4) is 0 Å². The summed E-state index contributed by atoms with van der Waals surface area (Å²) in [5.41, 5.74) is 3.48. The van der Waals surface area contributed by atoms with Crippen molar-refractivity contribution in [1.29, 1.82) is 15.8 Å². The fourth-order valence-corrected chi connectivity index (χ4v) is 3.18. The third-order valence-electron chi connectivity index (χ3n) is 4.86. The Labute approximate surface area is 188 Å². The molecule has 0 unspecified atom stereocenters. The Morgan fingerprint density at radius 3 is 2.31 bits per heavy atom. The van der Waals surface area contributed by atoms with E-state index in [2.05, 4.69) is 18.3 Å². The van der Waals surface area contributed by atoms with Crippen molar-refractivity contribution < 1.29 is 4.74 Å². The highest BCUT2D eigenvalue weighted by molar-refractivity contribution is 5.86. The zero-order valence-corrected chi connectivity index (χ0v) is 17.8. The van der Waals surface area contributed by atoms with E-state index in [1.165, 1.54) is 0 Å². The molecule has 0 radical (unpaired) electrons. The van der Waals surface area contributed by atoms with Crippen LogP contribution in [-0.4, -0.2) is 6.61 Å². The van der Waals surface area contributed by atoms with Gasteiger partial charge in [-0.15, -0.1) is 0 Å². The van der Waals surface area contributed by atoms with E-state index in [-0.39, 0.29) is 16.8 Å². The summed E-state index contributed by atoms with van der Waals surface area (Å²) < 4.78 is 5.70. The average Bonchev–Trinajstić information content (AvgIpc) is 2.84. The van der Waals surface area contributed by atoms with Crippen LogP contribution in [0.25, 0.3) is 11.6 Å². The molecule has 0 bridgehead atoms. The molecule has 0 spiro atoms. The first-order chi connectivity index (χ1) is 15.7. The molecule has 0 saturated carbocycles. The Hall–Kier alpha value is -4.53. The van der Waals surface area contributed by atoms with Gasteiger partial charge in [0.1, 0.15) is 24.0 Å². The Kier molecular flexibility index (Phi) is 7.63. The van der Waals surface area contributed by atoms with Crippen molar-refractivity contribution in [3.8, 4) is 24.0 Å². The van der Waals surface area contributed by atoms with Crippen LogP contribution in [0.2, 0.25) is 0 Å². The lowest BCUT2D eigenvalue weighted by atomic mass is 9.92. The van der Waals surface area contributed by atoms with Crippen LogP contribution < -0.4 is 10.1 Å². The van der Waals surface area contributed by atoms with Crippen molar-refractivity contribution in [3.05, 3.63) is 100 Å². The molecule has 2 aromatic rings. The number of nitriles is 3. The Bertz CT molecular complexity index is 1200. The topological polar surface area (TPSA) is 92.6 Å². The van der Waals surface area contributed by atoms with Gasteiger partial charge < -0.3 is 10.1 Å². The minimum absolute atomic E-state index is 0.137. The number of hydrogen-bond donors (Lipinski definition) is 1. The number of nitrogens with zero attached hydrogens (tertiary/aromatic N) is 3. The molecule has 2 aromatic carbocycles. The lowest BCUT2D eigenvalue weighted by Crippen LogP contribution is -2.19. The average molecular weight is 419 g/mol. The monoisotopic (exact) mass is 418 g/mol. The first-order valence-corrected chi connectivity index (χ1v) is 10.3. The van der Waals surface area contributed by atoms with Gasteiger partial charge in [0.2, 0.25) is 0 Å². The number of rotatable bonds is 7. The molecule has 32 heavy (non-hydrogen) atoms. The summed E-state index contributed by atoms with van der Waals surface area (Å²) in [7, 11) is 0. The second kappa shape index (κ2) is 11.0. The van der Waals surface area contributed by atoms with Crippen LogP contribution in [-0.2, 0) is 0 Å². The molecule has 0 aromatic heterocycles. The van der Waals surface area contributed by atoms with Crippen LogP contribution >= 0.6 is 0 Å². The molecular weight excluding hydrogens is 396 g/mol. The lowest BCUT2D eigenvalue weighted by molar-refractivity contribution is 0.309. The smallest absolute Gasteiger partial charge is 0.154 e. The Morgan fingerprint density at radius 1 is 0.969 bits per heavy atom. The number of nitrogens with one attached hydrogen (secondary N) is 1. The first-order valence-electron chi connectivity index (χ1n) is 10.3. The van der Waals surface area contributed by atoms with Crippen LogP contribution in [0.5, 0.6) is 5.75 Å². The van der Waals surface area contributed by atoms with Gasteiger partial charge in [0.05, 0.1) is 17.9 Å². The molecule has 1 N–H and O–H groups in total. The van der Waals surface area contributed by atoms with Gasteiger partial charge in [0, 0.05) is 11.3 Å². The molecule has 1 heterocycles. The summed E-state index contributed by atoms with van der Waals surface area (Å²) >= 11 is 0. The predicted molar refractivity (Wildman–Crippen MR) is 124 cm³/mol. The van der Waals surface area contributed by atoms with Crippen LogP contribution in [0.15, 0.2) is 89.3 Å².